The van der Waals surface area contributed by atoms with E-state index in [4.69, 9.17) is 0 Å². The van der Waals surface area contributed by atoms with Crippen LogP contribution in [0.2, 0.25) is 0 Å². The number of benzene rings is 1. The second-order valence-corrected chi connectivity index (χ2v) is 5.99. The predicted octanol–water partition coefficient (Wildman–Crippen LogP) is 4.05. The maximum Gasteiger partial charge on any atom is 0.194 e. The number of allylic oxidation sites excluding steroid dienone is 1. The average Bonchev–Trinajstić information content (AvgIpc) is 2.92. The zero-order valence-corrected chi connectivity index (χ0v) is 12.4. The van der Waals surface area contributed by atoms with Crippen LogP contribution in [0, 0.1) is 19.7 Å². The van der Waals surface area contributed by atoms with Crippen LogP contribution < -0.4 is 0 Å². The maximum absolute atomic E-state index is 12.8. The number of halogens is 1. The van der Waals surface area contributed by atoms with Crippen molar-refractivity contribution in [3.05, 3.63) is 64.2 Å². The molecule has 0 atom stereocenters. The highest BCUT2D eigenvalue weighted by molar-refractivity contribution is 7.17. The van der Waals surface area contributed by atoms with Crippen LogP contribution in [0.1, 0.15) is 26.6 Å². The monoisotopic (exact) mass is 300 g/mol. The Kier molecular flexibility index (Phi) is 3.43. The number of thiazole rings is 1. The molecule has 3 aromatic rings. The Hall–Kier alpha value is -2.27. The van der Waals surface area contributed by atoms with E-state index in [0.717, 1.165) is 21.2 Å². The van der Waals surface area contributed by atoms with Gasteiger partial charge in [0.2, 0.25) is 0 Å². The SMILES string of the molecule is Cc1cn2c(/C=C/C(=O)c3ccc(F)cc3)c(C)nc2s1. The molecule has 2 aromatic heterocycles. The molecule has 21 heavy (non-hydrogen) atoms. The summed E-state index contributed by atoms with van der Waals surface area (Å²) in [6, 6.07) is 5.53. The minimum atomic E-state index is -0.349. The molecular weight excluding hydrogens is 287 g/mol. The fraction of sp³-hybridized carbons (Fsp3) is 0.125. The number of nitrogens with zero attached hydrogens (tertiary/aromatic N) is 2. The van der Waals surface area contributed by atoms with Gasteiger partial charge in [0.1, 0.15) is 5.82 Å². The smallest absolute Gasteiger partial charge is 0.194 e. The number of imidazole rings is 1. The summed E-state index contributed by atoms with van der Waals surface area (Å²) in [5.41, 5.74) is 2.24. The number of hydrogen-bond acceptors (Lipinski definition) is 3. The van der Waals surface area contributed by atoms with Crippen LogP contribution in [0.4, 0.5) is 4.39 Å². The molecule has 0 N–H and O–H groups in total. The molecule has 0 saturated heterocycles. The second kappa shape index (κ2) is 5.26. The van der Waals surface area contributed by atoms with E-state index < -0.39 is 0 Å². The van der Waals surface area contributed by atoms with Crippen LogP contribution >= 0.6 is 11.3 Å². The van der Waals surface area contributed by atoms with Crippen molar-refractivity contribution in [1.29, 1.82) is 0 Å². The van der Waals surface area contributed by atoms with Crippen molar-refractivity contribution < 1.29 is 9.18 Å². The molecule has 0 aliphatic heterocycles. The molecule has 0 spiro atoms. The van der Waals surface area contributed by atoms with Gasteiger partial charge in [-0.25, -0.2) is 9.37 Å². The van der Waals surface area contributed by atoms with Crippen molar-refractivity contribution in [2.75, 3.05) is 0 Å². The van der Waals surface area contributed by atoms with E-state index >= 15 is 0 Å². The summed E-state index contributed by atoms with van der Waals surface area (Å²) in [6.45, 7) is 3.93. The molecule has 0 aliphatic rings. The standard InChI is InChI=1S/C16H13FN2OS/c1-10-9-19-14(11(2)18-16(19)21-10)7-8-15(20)12-3-5-13(17)6-4-12/h3-9H,1-2H3/b8-7+. The Labute approximate surface area is 125 Å². The van der Waals surface area contributed by atoms with Crippen molar-refractivity contribution >= 4 is 28.2 Å². The van der Waals surface area contributed by atoms with Crippen molar-refractivity contribution in [2.24, 2.45) is 0 Å². The predicted molar refractivity (Wildman–Crippen MR) is 82.3 cm³/mol. The van der Waals surface area contributed by atoms with E-state index in [1.807, 2.05) is 24.4 Å². The molecule has 3 nitrogen and oxygen atoms in total. The van der Waals surface area contributed by atoms with Crippen molar-refractivity contribution in [3.63, 3.8) is 0 Å². The summed E-state index contributed by atoms with van der Waals surface area (Å²) in [7, 11) is 0. The van der Waals surface area contributed by atoms with Crippen molar-refractivity contribution in [3.8, 4) is 0 Å². The molecule has 106 valence electrons. The van der Waals surface area contributed by atoms with Gasteiger partial charge in [-0.1, -0.05) is 0 Å². The number of carbonyl (C=O) groups is 1. The summed E-state index contributed by atoms with van der Waals surface area (Å²) < 4.78 is 14.8. The lowest BCUT2D eigenvalue weighted by Gasteiger charge is -1.96. The van der Waals surface area contributed by atoms with Gasteiger partial charge in [-0.05, 0) is 50.3 Å². The minimum Gasteiger partial charge on any atom is -0.290 e. The van der Waals surface area contributed by atoms with Gasteiger partial charge in [0.15, 0.2) is 10.7 Å². The fourth-order valence-electron chi connectivity index (χ4n) is 2.15. The van der Waals surface area contributed by atoms with Gasteiger partial charge in [0, 0.05) is 16.6 Å². The first-order chi connectivity index (χ1) is 10.0. The number of hydrogen-bond donors (Lipinski definition) is 0. The number of aromatic nitrogens is 2. The van der Waals surface area contributed by atoms with E-state index in [2.05, 4.69) is 4.98 Å². The highest BCUT2D eigenvalue weighted by Crippen LogP contribution is 2.21. The maximum atomic E-state index is 12.8. The fourth-order valence-corrected chi connectivity index (χ4v) is 3.02. The lowest BCUT2D eigenvalue weighted by molar-refractivity contribution is 0.104. The van der Waals surface area contributed by atoms with Gasteiger partial charge in [-0.15, -0.1) is 11.3 Å². The number of ketones is 1. The number of rotatable bonds is 3. The Morgan fingerprint density at radius 3 is 2.71 bits per heavy atom. The third kappa shape index (κ3) is 2.64. The number of aryl methyl sites for hydroxylation is 2. The van der Waals surface area contributed by atoms with Crippen LogP contribution in [-0.2, 0) is 0 Å². The summed E-state index contributed by atoms with van der Waals surface area (Å²) in [4.78, 5) is 18.6. The third-order valence-electron chi connectivity index (χ3n) is 3.18. The van der Waals surface area contributed by atoms with Crippen LogP contribution in [0.5, 0.6) is 0 Å². The molecule has 5 heteroatoms. The molecule has 2 heterocycles. The summed E-state index contributed by atoms with van der Waals surface area (Å²) in [6.07, 6.45) is 5.26. The van der Waals surface area contributed by atoms with Crippen molar-refractivity contribution in [1.82, 2.24) is 9.38 Å². The van der Waals surface area contributed by atoms with Gasteiger partial charge in [-0.2, -0.15) is 0 Å². The molecule has 0 bridgehead atoms. The van der Waals surface area contributed by atoms with E-state index in [-0.39, 0.29) is 11.6 Å². The highest BCUT2D eigenvalue weighted by Gasteiger charge is 2.09. The van der Waals surface area contributed by atoms with E-state index in [1.54, 1.807) is 17.4 Å². The highest BCUT2D eigenvalue weighted by atomic mass is 32.1. The first-order valence-corrected chi connectivity index (χ1v) is 7.29. The molecule has 0 saturated carbocycles. The summed E-state index contributed by atoms with van der Waals surface area (Å²) >= 11 is 1.61. The largest absolute Gasteiger partial charge is 0.290 e. The zero-order chi connectivity index (χ0) is 15.0. The first-order valence-electron chi connectivity index (χ1n) is 6.47. The summed E-state index contributed by atoms with van der Waals surface area (Å²) in [5.74, 6) is -0.506. The van der Waals surface area contributed by atoms with Gasteiger partial charge in [0.05, 0.1) is 11.4 Å². The molecule has 0 unspecified atom stereocenters. The van der Waals surface area contributed by atoms with Crippen LogP contribution in [-0.4, -0.2) is 15.2 Å². The lowest BCUT2D eigenvalue weighted by atomic mass is 10.1. The topological polar surface area (TPSA) is 34.4 Å². The second-order valence-electron chi connectivity index (χ2n) is 4.78. The van der Waals surface area contributed by atoms with Crippen LogP contribution in [0.25, 0.3) is 11.0 Å². The van der Waals surface area contributed by atoms with Gasteiger partial charge in [0.25, 0.3) is 0 Å². The minimum absolute atomic E-state index is 0.156. The van der Waals surface area contributed by atoms with Crippen LogP contribution in [0.15, 0.2) is 36.5 Å². The number of fused-ring (bicyclic) bond motifs is 1. The lowest BCUT2D eigenvalue weighted by Crippen LogP contribution is -1.94. The van der Waals surface area contributed by atoms with Crippen LogP contribution in [0.3, 0.4) is 0 Å². The van der Waals surface area contributed by atoms with Gasteiger partial charge in [-0.3, -0.25) is 9.20 Å². The Bertz CT molecular complexity index is 843. The van der Waals surface area contributed by atoms with Gasteiger partial charge >= 0.3 is 0 Å². The summed E-state index contributed by atoms with van der Waals surface area (Å²) in [5, 5.41) is 0. The quantitative estimate of drug-likeness (QED) is 0.540. The van der Waals surface area contributed by atoms with E-state index in [1.165, 1.54) is 30.3 Å². The molecular formula is C16H13FN2OS. The third-order valence-corrected chi connectivity index (χ3v) is 4.08. The van der Waals surface area contributed by atoms with Gasteiger partial charge < -0.3 is 0 Å². The average molecular weight is 300 g/mol. The Morgan fingerprint density at radius 1 is 1.29 bits per heavy atom. The zero-order valence-electron chi connectivity index (χ0n) is 11.6. The number of carbonyl (C=O) groups excluding carboxylic acids is 1. The Morgan fingerprint density at radius 2 is 2.00 bits per heavy atom. The molecule has 0 fully saturated rings. The molecule has 0 radical (unpaired) electrons. The van der Waals surface area contributed by atoms with E-state index in [0.29, 0.717) is 5.56 Å². The Balaban J connectivity index is 1.92. The normalized spacial score (nSPS) is 11.6. The van der Waals surface area contributed by atoms with E-state index in [9.17, 15) is 9.18 Å². The molecule has 3 rings (SSSR count). The first kappa shape index (κ1) is 13.7. The molecule has 1 aromatic carbocycles. The van der Waals surface area contributed by atoms with Crippen molar-refractivity contribution in [2.45, 2.75) is 13.8 Å². The molecule has 0 aliphatic carbocycles. The molecule has 0 amide bonds.